The van der Waals surface area contributed by atoms with Crippen molar-refractivity contribution >= 4 is 6.09 Å². The van der Waals surface area contributed by atoms with Crippen LogP contribution in [0.15, 0.2) is 35.9 Å². The first-order chi connectivity index (χ1) is 18.2. The van der Waals surface area contributed by atoms with Crippen LogP contribution in [0.25, 0.3) is 0 Å². The van der Waals surface area contributed by atoms with Crippen LogP contribution in [0.5, 0.6) is 5.75 Å². The summed E-state index contributed by atoms with van der Waals surface area (Å²) < 4.78 is 11.6. The molecule has 2 aliphatic rings. The van der Waals surface area contributed by atoms with E-state index in [1.807, 2.05) is 25.7 Å². The summed E-state index contributed by atoms with van der Waals surface area (Å²) in [7, 11) is 0. The van der Waals surface area contributed by atoms with Gasteiger partial charge in [-0.2, -0.15) is 0 Å². The van der Waals surface area contributed by atoms with Crippen molar-refractivity contribution in [3.8, 4) is 5.75 Å². The van der Waals surface area contributed by atoms with E-state index in [1.54, 1.807) is 0 Å². The molecule has 1 aliphatic carbocycles. The average molecular weight is 530 g/mol. The first kappa shape index (κ1) is 30.5. The van der Waals surface area contributed by atoms with Gasteiger partial charge >= 0.3 is 6.09 Å². The first-order valence-corrected chi connectivity index (χ1v) is 14.8. The van der Waals surface area contributed by atoms with Crippen molar-refractivity contribution in [3.63, 3.8) is 0 Å². The lowest BCUT2D eigenvalue weighted by Gasteiger charge is -2.33. The molecule has 1 atom stereocenters. The van der Waals surface area contributed by atoms with Crippen LogP contribution in [0, 0.1) is 5.92 Å². The highest BCUT2D eigenvalue weighted by Crippen LogP contribution is 2.35. The highest BCUT2D eigenvalue weighted by atomic mass is 17.2. The van der Waals surface area contributed by atoms with Crippen molar-refractivity contribution < 1.29 is 24.0 Å². The fourth-order valence-electron chi connectivity index (χ4n) is 5.45. The number of carbonyl (C=O) groups excluding carboxylic acids is 1. The quantitative estimate of drug-likeness (QED) is 0.164. The molecule has 6 nitrogen and oxygen atoms in total. The zero-order valence-corrected chi connectivity index (χ0v) is 24.7. The maximum Gasteiger partial charge on any atom is 0.410 e. The van der Waals surface area contributed by atoms with Gasteiger partial charge in [0.2, 0.25) is 0 Å². The number of amides is 1. The lowest BCUT2D eigenvalue weighted by Crippen LogP contribution is -2.41. The minimum absolute atomic E-state index is 0.0939. The Morgan fingerprint density at radius 3 is 2.29 bits per heavy atom. The van der Waals surface area contributed by atoms with E-state index in [4.69, 9.17) is 19.2 Å². The fraction of sp³-hybridized carbons (Fsp3) is 0.719. The summed E-state index contributed by atoms with van der Waals surface area (Å²) >= 11 is 0. The predicted molar refractivity (Wildman–Crippen MR) is 152 cm³/mol. The van der Waals surface area contributed by atoms with Crippen molar-refractivity contribution in [2.75, 3.05) is 19.7 Å². The van der Waals surface area contributed by atoms with Gasteiger partial charge < -0.3 is 14.4 Å². The number of allylic oxidation sites excluding steroid dienone is 1. The van der Waals surface area contributed by atoms with Crippen molar-refractivity contribution in [3.05, 3.63) is 41.5 Å². The van der Waals surface area contributed by atoms with Crippen molar-refractivity contribution in [1.29, 1.82) is 0 Å². The zero-order valence-electron chi connectivity index (χ0n) is 24.7. The minimum Gasteiger partial charge on any atom is -0.494 e. The van der Waals surface area contributed by atoms with Gasteiger partial charge in [-0.05, 0) is 122 Å². The monoisotopic (exact) mass is 529 g/mol. The largest absolute Gasteiger partial charge is 0.494 e. The second-order valence-corrected chi connectivity index (χ2v) is 12.1. The van der Waals surface area contributed by atoms with Gasteiger partial charge in [-0.3, -0.25) is 0 Å². The third kappa shape index (κ3) is 10.3. The highest BCUT2D eigenvalue weighted by Gasteiger charge is 2.27. The molecule has 0 radical (unpaired) electrons. The lowest BCUT2D eigenvalue weighted by molar-refractivity contribution is -0.351. The number of likely N-dealkylation sites (tertiary alicyclic amines) is 1. The molecule has 38 heavy (non-hydrogen) atoms. The smallest absolute Gasteiger partial charge is 0.410 e. The number of nitrogens with zero attached hydrogens (tertiary/aromatic N) is 1. The number of ether oxygens (including phenoxy) is 2. The molecule has 1 amide bonds. The number of piperidine rings is 1. The molecule has 1 aromatic carbocycles. The third-order valence-corrected chi connectivity index (χ3v) is 7.85. The Balaban J connectivity index is 1.31. The van der Waals surface area contributed by atoms with Crippen LogP contribution < -0.4 is 4.74 Å². The molecule has 1 saturated carbocycles. The average Bonchev–Trinajstić information content (AvgIpc) is 2.90. The summed E-state index contributed by atoms with van der Waals surface area (Å²) in [6, 6.07) is 8.67. The molecule has 1 unspecified atom stereocenters. The van der Waals surface area contributed by atoms with E-state index >= 15 is 0 Å². The molecule has 0 bridgehead atoms. The van der Waals surface area contributed by atoms with E-state index in [0.717, 1.165) is 76.6 Å². The molecule has 3 rings (SSSR count). The fourth-order valence-corrected chi connectivity index (χ4v) is 5.45. The van der Waals surface area contributed by atoms with Gasteiger partial charge in [-0.25, -0.2) is 14.6 Å². The Morgan fingerprint density at radius 2 is 1.71 bits per heavy atom. The molecule has 0 spiro atoms. The van der Waals surface area contributed by atoms with Gasteiger partial charge in [0.1, 0.15) is 11.4 Å². The van der Waals surface area contributed by atoms with Gasteiger partial charge in [0.25, 0.3) is 0 Å². The normalized spacial score (nSPS) is 22.3. The molecular formula is C32H51NO5. The predicted octanol–water partition coefficient (Wildman–Crippen LogP) is 8.21. The summed E-state index contributed by atoms with van der Waals surface area (Å²) in [6.07, 6.45) is 11.6. The second-order valence-electron chi connectivity index (χ2n) is 12.1. The van der Waals surface area contributed by atoms with E-state index in [2.05, 4.69) is 51.1 Å². The molecule has 1 heterocycles. The van der Waals surface area contributed by atoms with Gasteiger partial charge in [0, 0.05) is 13.1 Å². The Labute approximate surface area is 231 Å². The molecule has 2 fully saturated rings. The van der Waals surface area contributed by atoms with Crippen LogP contribution in [-0.4, -0.2) is 48.5 Å². The molecule has 214 valence electrons. The molecule has 0 aromatic heterocycles. The third-order valence-electron chi connectivity index (χ3n) is 7.85. The van der Waals surface area contributed by atoms with Crippen LogP contribution in [0.2, 0.25) is 0 Å². The van der Waals surface area contributed by atoms with E-state index in [0.29, 0.717) is 18.4 Å². The van der Waals surface area contributed by atoms with Crippen LogP contribution in [-0.2, 0) is 14.5 Å². The van der Waals surface area contributed by atoms with E-state index in [9.17, 15) is 4.79 Å². The molecule has 6 heteroatoms. The summed E-state index contributed by atoms with van der Waals surface area (Å²) in [6.45, 7) is 14.3. The van der Waals surface area contributed by atoms with E-state index in [1.165, 1.54) is 11.1 Å². The van der Waals surface area contributed by atoms with Crippen molar-refractivity contribution in [2.24, 2.45) is 5.92 Å². The number of hydrogen-bond acceptors (Lipinski definition) is 5. The number of rotatable bonds is 11. The lowest BCUT2D eigenvalue weighted by atomic mass is 9.83. The Hall–Kier alpha value is -2.05. The van der Waals surface area contributed by atoms with Crippen LogP contribution in [0.4, 0.5) is 4.79 Å². The molecule has 0 N–H and O–H groups in total. The minimum atomic E-state index is -0.441. The summed E-state index contributed by atoms with van der Waals surface area (Å²) in [5, 5.41) is 0. The molecule has 1 aromatic rings. The standard InChI is InChI=1S/C32H51NO5/c1-7-25(8-2)23-24(3)37-38-30-15-11-28(12-16-30)27-9-13-29(14-10-27)35-22-19-26-17-20-33(21-18-26)31(34)36-32(4,5)6/h7,9-10,13-14,24,26,28,30H,8,11-12,15-23H2,1-6H3/b25-7-. The van der Waals surface area contributed by atoms with Gasteiger partial charge in [0.05, 0.1) is 18.8 Å². The molecular weight excluding hydrogens is 478 g/mol. The van der Waals surface area contributed by atoms with Crippen LogP contribution in [0.1, 0.15) is 111 Å². The van der Waals surface area contributed by atoms with Crippen molar-refractivity contribution in [2.45, 2.75) is 123 Å². The number of carbonyl (C=O) groups is 1. The SMILES string of the molecule is C/C=C(/CC)CC(C)OOC1CCC(c2ccc(OCCC3CCN(C(=O)OC(C)(C)C)CC3)cc2)CC1. The maximum absolute atomic E-state index is 12.2. The zero-order chi connectivity index (χ0) is 27.5. The van der Waals surface area contributed by atoms with Gasteiger partial charge in [0.15, 0.2) is 0 Å². The molecule has 1 saturated heterocycles. The number of hydrogen-bond donors (Lipinski definition) is 0. The highest BCUT2D eigenvalue weighted by molar-refractivity contribution is 5.68. The molecule has 1 aliphatic heterocycles. The Bertz CT molecular complexity index is 859. The van der Waals surface area contributed by atoms with Crippen molar-refractivity contribution in [1.82, 2.24) is 4.90 Å². The topological polar surface area (TPSA) is 57.2 Å². The summed E-state index contributed by atoms with van der Waals surface area (Å²) in [4.78, 5) is 25.6. The summed E-state index contributed by atoms with van der Waals surface area (Å²) in [5.74, 6) is 2.10. The van der Waals surface area contributed by atoms with Crippen LogP contribution >= 0.6 is 0 Å². The number of benzene rings is 1. The van der Waals surface area contributed by atoms with E-state index in [-0.39, 0.29) is 18.3 Å². The van der Waals surface area contributed by atoms with Crippen LogP contribution in [0.3, 0.4) is 0 Å². The van der Waals surface area contributed by atoms with E-state index < -0.39 is 5.60 Å². The van der Waals surface area contributed by atoms with Gasteiger partial charge in [-0.15, -0.1) is 0 Å². The van der Waals surface area contributed by atoms with Gasteiger partial charge in [-0.1, -0.05) is 30.7 Å². The Morgan fingerprint density at radius 1 is 1.05 bits per heavy atom. The Kier molecular flexibility index (Phi) is 12.0. The second kappa shape index (κ2) is 14.9. The maximum atomic E-state index is 12.2. The summed E-state index contributed by atoms with van der Waals surface area (Å²) in [5.41, 5.74) is 2.36. The first-order valence-electron chi connectivity index (χ1n) is 14.8.